The zero-order valence-corrected chi connectivity index (χ0v) is 15.4. The third kappa shape index (κ3) is 2.61. The Balaban J connectivity index is 2.07. The van der Waals surface area contributed by atoms with E-state index in [4.69, 9.17) is 9.47 Å². The van der Waals surface area contributed by atoms with E-state index in [9.17, 15) is 0 Å². The predicted octanol–water partition coefficient (Wildman–Crippen LogP) is 3.52. The third-order valence-corrected chi connectivity index (χ3v) is 6.91. The molecule has 0 aliphatic heterocycles. The average Bonchev–Trinajstić information content (AvgIpc) is 2.63. The smallest absolute Gasteiger partial charge is 0.139 e. The number of benzene rings is 4. The Bertz CT molecular complexity index is 1020. The lowest BCUT2D eigenvalue weighted by atomic mass is 9.99. The van der Waals surface area contributed by atoms with E-state index >= 15 is 0 Å². The lowest BCUT2D eigenvalue weighted by Crippen LogP contribution is -2.32. The quantitative estimate of drug-likeness (QED) is 0.323. The van der Waals surface area contributed by atoms with Gasteiger partial charge in [-0.2, -0.15) is 0 Å². The van der Waals surface area contributed by atoms with Gasteiger partial charge in [-0.3, -0.25) is 0 Å². The van der Waals surface area contributed by atoms with Crippen LogP contribution in [0, 0.1) is 0 Å². The first kappa shape index (κ1) is 15.3. The summed E-state index contributed by atoms with van der Waals surface area (Å²) in [6.07, 6.45) is 0. The first-order valence-corrected chi connectivity index (χ1v) is 9.71. The molecule has 0 aromatic heterocycles. The molecule has 0 saturated heterocycles. The van der Waals surface area contributed by atoms with Crippen LogP contribution in [-0.4, -0.2) is 29.7 Å². The molecule has 3 heteroatoms. The van der Waals surface area contributed by atoms with Crippen molar-refractivity contribution in [2.24, 2.45) is 0 Å². The number of rotatable bonds is 4. The molecule has 0 saturated carbocycles. The van der Waals surface area contributed by atoms with Gasteiger partial charge in [0.15, 0.2) is 0 Å². The van der Waals surface area contributed by atoms with Crippen molar-refractivity contribution < 1.29 is 9.47 Å². The summed E-state index contributed by atoms with van der Waals surface area (Å²) < 4.78 is 11.1. The second kappa shape index (κ2) is 6.36. The van der Waals surface area contributed by atoms with Crippen LogP contribution in [0.1, 0.15) is 0 Å². The second-order valence-corrected chi connectivity index (χ2v) is 7.88. The molecule has 0 amide bonds. The standard InChI is InChI=1S/C21H20O2Si/c1-22-21(23-2)24-20-18-10-6-5-9-16(18)12-17-11-14-7-3-4-8-15(14)13-19(17)20/h3-13,21H,24H2,1-2H3. The lowest BCUT2D eigenvalue weighted by Gasteiger charge is -2.17. The van der Waals surface area contributed by atoms with Gasteiger partial charge in [0.25, 0.3) is 0 Å². The van der Waals surface area contributed by atoms with Gasteiger partial charge in [0.1, 0.15) is 15.4 Å². The number of fused-ring (bicyclic) bond motifs is 3. The normalized spacial score (nSPS) is 12.3. The van der Waals surface area contributed by atoms with E-state index in [1.165, 1.54) is 37.5 Å². The highest BCUT2D eigenvalue weighted by molar-refractivity contribution is 6.62. The number of hydrogen-bond donors (Lipinski definition) is 0. The van der Waals surface area contributed by atoms with Gasteiger partial charge in [0.2, 0.25) is 0 Å². The van der Waals surface area contributed by atoms with Gasteiger partial charge >= 0.3 is 0 Å². The van der Waals surface area contributed by atoms with Crippen LogP contribution >= 0.6 is 0 Å². The van der Waals surface area contributed by atoms with E-state index in [-0.39, 0.29) is 5.91 Å². The maximum Gasteiger partial charge on any atom is 0.139 e. The zero-order chi connectivity index (χ0) is 16.5. The molecule has 0 spiro atoms. The Kier molecular flexibility index (Phi) is 4.06. The minimum Gasteiger partial charge on any atom is -0.360 e. The van der Waals surface area contributed by atoms with Crippen LogP contribution < -0.4 is 5.19 Å². The molecule has 0 unspecified atom stereocenters. The fourth-order valence-electron chi connectivity index (χ4n) is 3.50. The molecular weight excluding hydrogens is 312 g/mol. The first-order valence-electron chi connectivity index (χ1n) is 8.19. The molecule has 24 heavy (non-hydrogen) atoms. The minimum atomic E-state index is -0.752. The van der Waals surface area contributed by atoms with E-state index in [2.05, 4.69) is 66.7 Å². The summed E-state index contributed by atoms with van der Waals surface area (Å²) in [5.41, 5.74) is 0. The molecule has 4 aromatic carbocycles. The molecule has 0 fully saturated rings. The number of hydrogen-bond acceptors (Lipinski definition) is 2. The highest BCUT2D eigenvalue weighted by Crippen LogP contribution is 2.26. The monoisotopic (exact) mass is 332 g/mol. The van der Waals surface area contributed by atoms with Gasteiger partial charge in [-0.25, -0.2) is 0 Å². The highest BCUT2D eigenvalue weighted by Gasteiger charge is 2.14. The molecule has 0 aliphatic carbocycles. The summed E-state index contributed by atoms with van der Waals surface area (Å²) >= 11 is 0. The van der Waals surface area contributed by atoms with E-state index in [0.29, 0.717) is 0 Å². The summed E-state index contributed by atoms with van der Waals surface area (Å²) in [4.78, 5) is 0. The largest absolute Gasteiger partial charge is 0.360 e. The van der Waals surface area contributed by atoms with Crippen molar-refractivity contribution in [3.8, 4) is 0 Å². The SMILES string of the molecule is COC(OC)[SiH2]c1c2ccccc2cc2cc3ccccc3cc12. The van der Waals surface area contributed by atoms with E-state index in [0.717, 1.165) is 0 Å². The highest BCUT2D eigenvalue weighted by atomic mass is 28.2. The van der Waals surface area contributed by atoms with Crippen molar-refractivity contribution in [2.45, 2.75) is 5.91 Å². The van der Waals surface area contributed by atoms with E-state index in [1.807, 2.05) is 0 Å². The molecule has 4 rings (SSSR count). The summed E-state index contributed by atoms with van der Waals surface area (Å²) in [5, 5.41) is 9.21. The Morgan fingerprint density at radius 1 is 0.667 bits per heavy atom. The summed E-state index contributed by atoms with van der Waals surface area (Å²) in [6.45, 7) is 0. The maximum atomic E-state index is 5.53. The lowest BCUT2D eigenvalue weighted by molar-refractivity contribution is -0.0428. The zero-order valence-electron chi connectivity index (χ0n) is 14.0. The van der Waals surface area contributed by atoms with Crippen LogP contribution in [0.25, 0.3) is 32.3 Å². The van der Waals surface area contributed by atoms with Crippen molar-refractivity contribution in [2.75, 3.05) is 14.2 Å². The molecule has 0 N–H and O–H groups in total. The van der Waals surface area contributed by atoms with E-state index < -0.39 is 9.52 Å². The van der Waals surface area contributed by atoms with Crippen molar-refractivity contribution >= 4 is 47.0 Å². The van der Waals surface area contributed by atoms with Crippen molar-refractivity contribution in [1.82, 2.24) is 0 Å². The third-order valence-electron chi connectivity index (χ3n) is 4.74. The van der Waals surface area contributed by atoms with Crippen LogP contribution in [0.4, 0.5) is 0 Å². The molecular formula is C21H20O2Si. The van der Waals surface area contributed by atoms with Gasteiger partial charge in [0.05, 0.1) is 0 Å². The molecule has 2 nitrogen and oxygen atoms in total. The molecule has 0 bridgehead atoms. The van der Waals surface area contributed by atoms with Crippen LogP contribution in [0.15, 0.2) is 66.7 Å². The second-order valence-electron chi connectivity index (χ2n) is 6.10. The maximum absolute atomic E-state index is 5.53. The van der Waals surface area contributed by atoms with Gasteiger partial charge in [0, 0.05) is 14.2 Å². The summed E-state index contributed by atoms with van der Waals surface area (Å²) in [6, 6.07) is 24.1. The van der Waals surface area contributed by atoms with Gasteiger partial charge in [-0.1, -0.05) is 48.5 Å². The van der Waals surface area contributed by atoms with Crippen molar-refractivity contribution in [3.05, 3.63) is 66.7 Å². The first-order chi connectivity index (χ1) is 11.8. The Morgan fingerprint density at radius 3 is 1.96 bits per heavy atom. The number of ether oxygens (including phenoxy) is 2. The predicted molar refractivity (Wildman–Crippen MR) is 105 cm³/mol. The van der Waals surface area contributed by atoms with Crippen LogP contribution in [-0.2, 0) is 9.47 Å². The van der Waals surface area contributed by atoms with E-state index in [1.54, 1.807) is 14.2 Å². The summed E-state index contributed by atoms with van der Waals surface area (Å²) in [5.74, 6) is -0.106. The van der Waals surface area contributed by atoms with Gasteiger partial charge in [-0.05, 0) is 55.7 Å². The topological polar surface area (TPSA) is 18.5 Å². The van der Waals surface area contributed by atoms with Crippen molar-refractivity contribution in [3.63, 3.8) is 0 Å². The molecule has 120 valence electrons. The van der Waals surface area contributed by atoms with Crippen LogP contribution in [0.2, 0.25) is 0 Å². The average molecular weight is 332 g/mol. The summed E-state index contributed by atoms with van der Waals surface area (Å²) in [7, 11) is 2.70. The van der Waals surface area contributed by atoms with Crippen LogP contribution in [0.3, 0.4) is 0 Å². The fourth-order valence-corrected chi connectivity index (χ4v) is 5.23. The molecule has 0 heterocycles. The number of methoxy groups -OCH3 is 2. The Morgan fingerprint density at radius 2 is 1.25 bits per heavy atom. The van der Waals surface area contributed by atoms with Gasteiger partial charge in [-0.15, -0.1) is 0 Å². The Labute approximate surface area is 143 Å². The fraction of sp³-hybridized carbons (Fsp3) is 0.143. The van der Waals surface area contributed by atoms with Gasteiger partial charge < -0.3 is 9.47 Å². The minimum absolute atomic E-state index is 0.106. The molecule has 0 atom stereocenters. The van der Waals surface area contributed by atoms with Crippen molar-refractivity contribution in [1.29, 1.82) is 0 Å². The molecule has 0 aliphatic rings. The van der Waals surface area contributed by atoms with Crippen LogP contribution in [0.5, 0.6) is 0 Å². The molecule has 4 aromatic rings. The Hall–Kier alpha value is -2.20. The molecule has 0 radical (unpaired) electrons.